The monoisotopic (exact) mass is 262 g/mol. The summed E-state index contributed by atoms with van der Waals surface area (Å²) in [6, 6.07) is 5.63. The van der Waals surface area contributed by atoms with Crippen LogP contribution in [0.4, 0.5) is 11.4 Å². The number of rotatable bonds is 4. The maximum atomic E-state index is 11.8. The van der Waals surface area contributed by atoms with Gasteiger partial charge in [0.2, 0.25) is 0 Å². The number of hydrogen-bond donors (Lipinski definition) is 1. The predicted octanol–water partition coefficient (Wildman–Crippen LogP) is 2.68. The standard InChI is InChI=1S/C15H22N2O2/c1-3-11-7-8-17(10-11)12-5-6-14(16)13(9-12)15(18)19-4-2/h5-6,9,11H,3-4,7-8,10,16H2,1-2H3. The highest BCUT2D eigenvalue weighted by atomic mass is 16.5. The Morgan fingerprint density at radius 3 is 2.89 bits per heavy atom. The lowest BCUT2D eigenvalue weighted by Crippen LogP contribution is -2.20. The third kappa shape index (κ3) is 3.00. The van der Waals surface area contributed by atoms with Crippen LogP contribution in [-0.2, 0) is 4.74 Å². The van der Waals surface area contributed by atoms with Crippen molar-refractivity contribution in [2.75, 3.05) is 30.3 Å². The van der Waals surface area contributed by atoms with Gasteiger partial charge >= 0.3 is 5.97 Å². The van der Waals surface area contributed by atoms with E-state index >= 15 is 0 Å². The van der Waals surface area contributed by atoms with E-state index in [-0.39, 0.29) is 5.97 Å². The Balaban J connectivity index is 2.19. The molecule has 1 aromatic carbocycles. The minimum Gasteiger partial charge on any atom is -0.462 e. The molecule has 0 spiro atoms. The van der Waals surface area contributed by atoms with Gasteiger partial charge in [-0.3, -0.25) is 0 Å². The van der Waals surface area contributed by atoms with E-state index in [1.165, 1.54) is 12.8 Å². The molecular weight excluding hydrogens is 240 g/mol. The van der Waals surface area contributed by atoms with E-state index in [0.29, 0.717) is 17.9 Å². The molecular formula is C15H22N2O2. The first-order chi connectivity index (χ1) is 9.15. The molecule has 1 saturated heterocycles. The molecule has 1 atom stereocenters. The van der Waals surface area contributed by atoms with Crippen LogP contribution >= 0.6 is 0 Å². The van der Waals surface area contributed by atoms with Crippen LogP contribution in [0.3, 0.4) is 0 Å². The van der Waals surface area contributed by atoms with Gasteiger partial charge in [0.15, 0.2) is 0 Å². The average molecular weight is 262 g/mol. The van der Waals surface area contributed by atoms with Crippen molar-refractivity contribution < 1.29 is 9.53 Å². The predicted molar refractivity (Wildman–Crippen MR) is 77.4 cm³/mol. The van der Waals surface area contributed by atoms with Crippen molar-refractivity contribution in [2.24, 2.45) is 5.92 Å². The SMILES string of the molecule is CCOC(=O)c1cc(N2CCC(CC)C2)ccc1N. The molecule has 1 heterocycles. The van der Waals surface area contributed by atoms with Crippen molar-refractivity contribution in [2.45, 2.75) is 26.7 Å². The number of carbonyl (C=O) groups is 1. The summed E-state index contributed by atoms with van der Waals surface area (Å²) in [7, 11) is 0. The third-order valence-corrected chi connectivity index (χ3v) is 3.76. The molecule has 1 aliphatic rings. The molecule has 2 rings (SSSR count). The lowest BCUT2D eigenvalue weighted by molar-refractivity contribution is 0.0527. The smallest absolute Gasteiger partial charge is 0.340 e. The summed E-state index contributed by atoms with van der Waals surface area (Å²) in [6.45, 7) is 6.49. The van der Waals surface area contributed by atoms with Crippen molar-refractivity contribution in [1.82, 2.24) is 0 Å². The number of ether oxygens (including phenoxy) is 1. The van der Waals surface area contributed by atoms with Crippen LogP contribution in [0, 0.1) is 5.92 Å². The minimum absolute atomic E-state index is 0.340. The fraction of sp³-hybridized carbons (Fsp3) is 0.533. The van der Waals surface area contributed by atoms with Crippen LogP contribution in [0.25, 0.3) is 0 Å². The number of nitrogens with zero attached hydrogens (tertiary/aromatic N) is 1. The summed E-state index contributed by atoms with van der Waals surface area (Å²) in [5, 5.41) is 0. The molecule has 1 aromatic rings. The lowest BCUT2D eigenvalue weighted by Gasteiger charge is -2.19. The first kappa shape index (κ1) is 13.7. The van der Waals surface area contributed by atoms with Crippen molar-refractivity contribution >= 4 is 17.3 Å². The van der Waals surface area contributed by atoms with E-state index in [4.69, 9.17) is 10.5 Å². The summed E-state index contributed by atoms with van der Waals surface area (Å²) in [4.78, 5) is 14.1. The van der Waals surface area contributed by atoms with E-state index in [1.54, 1.807) is 13.0 Å². The number of anilines is 2. The maximum Gasteiger partial charge on any atom is 0.340 e. The average Bonchev–Trinajstić information content (AvgIpc) is 2.88. The second kappa shape index (κ2) is 5.95. The van der Waals surface area contributed by atoms with Crippen LogP contribution in [0.5, 0.6) is 0 Å². The first-order valence-corrected chi connectivity index (χ1v) is 6.97. The van der Waals surface area contributed by atoms with Gasteiger partial charge in [-0.1, -0.05) is 13.3 Å². The van der Waals surface area contributed by atoms with Crippen molar-refractivity contribution in [3.63, 3.8) is 0 Å². The normalized spacial score (nSPS) is 18.6. The Morgan fingerprint density at radius 2 is 2.26 bits per heavy atom. The Labute approximate surface area is 114 Å². The number of esters is 1. The first-order valence-electron chi connectivity index (χ1n) is 6.97. The van der Waals surface area contributed by atoms with Gasteiger partial charge in [0.1, 0.15) is 0 Å². The van der Waals surface area contributed by atoms with Gasteiger partial charge in [0.05, 0.1) is 12.2 Å². The number of carbonyl (C=O) groups excluding carboxylic acids is 1. The molecule has 1 fully saturated rings. The molecule has 1 aliphatic heterocycles. The highest BCUT2D eigenvalue weighted by molar-refractivity contribution is 5.96. The second-order valence-electron chi connectivity index (χ2n) is 5.00. The Hall–Kier alpha value is -1.71. The third-order valence-electron chi connectivity index (χ3n) is 3.76. The highest BCUT2D eigenvalue weighted by Gasteiger charge is 2.22. The second-order valence-corrected chi connectivity index (χ2v) is 5.00. The van der Waals surface area contributed by atoms with E-state index in [2.05, 4.69) is 11.8 Å². The molecule has 4 heteroatoms. The summed E-state index contributed by atoms with van der Waals surface area (Å²) < 4.78 is 5.03. The summed E-state index contributed by atoms with van der Waals surface area (Å²) in [6.07, 6.45) is 2.42. The van der Waals surface area contributed by atoms with Gasteiger partial charge in [-0.05, 0) is 37.5 Å². The minimum atomic E-state index is -0.340. The molecule has 0 aromatic heterocycles. The lowest BCUT2D eigenvalue weighted by atomic mass is 10.1. The maximum absolute atomic E-state index is 11.8. The largest absolute Gasteiger partial charge is 0.462 e. The Kier molecular flexibility index (Phi) is 4.30. The van der Waals surface area contributed by atoms with Gasteiger partial charge in [0.25, 0.3) is 0 Å². The summed E-state index contributed by atoms with van der Waals surface area (Å²) >= 11 is 0. The van der Waals surface area contributed by atoms with Crippen LogP contribution in [0.15, 0.2) is 18.2 Å². The zero-order chi connectivity index (χ0) is 13.8. The number of hydrogen-bond acceptors (Lipinski definition) is 4. The molecule has 0 bridgehead atoms. The molecule has 0 aliphatic carbocycles. The number of nitrogen functional groups attached to an aromatic ring is 1. The van der Waals surface area contributed by atoms with Crippen LogP contribution in [0.2, 0.25) is 0 Å². The number of benzene rings is 1. The van der Waals surface area contributed by atoms with Crippen LogP contribution < -0.4 is 10.6 Å². The van der Waals surface area contributed by atoms with Crippen molar-refractivity contribution in [3.05, 3.63) is 23.8 Å². The van der Waals surface area contributed by atoms with Crippen molar-refractivity contribution in [1.29, 1.82) is 0 Å². The highest BCUT2D eigenvalue weighted by Crippen LogP contribution is 2.28. The van der Waals surface area contributed by atoms with Gasteiger partial charge in [-0.15, -0.1) is 0 Å². The molecule has 19 heavy (non-hydrogen) atoms. The quantitative estimate of drug-likeness (QED) is 0.669. The van der Waals surface area contributed by atoms with E-state index in [0.717, 1.165) is 24.7 Å². The van der Waals surface area contributed by atoms with Gasteiger partial charge in [-0.25, -0.2) is 4.79 Å². The molecule has 2 N–H and O–H groups in total. The van der Waals surface area contributed by atoms with E-state index in [1.807, 2.05) is 12.1 Å². The molecule has 0 saturated carbocycles. The molecule has 0 amide bonds. The molecule has 104 valence electrons. The fourth-order valence-corrected chi connectivity index (χ4v) is 2.53. The fourth-order valence-electron chi connectivity index (χ4n) is 2.53. The molecule has 0 radical (unpaired) electrons. The van der Waals surface area contributed by atoms with Crippen LogP contribution in [-0.4, -0.2) is 25.7 Å². The van der Waals surface area contributed by atoms with E-state index in [9.17, 15) is 4.79 Å². The van der Waals surface area contributed by atoms with Gasteiger partial charge in [0, 0.05) is 24.5 Å². The summed E-state index contributed by atoms with van der Waals surface area (Å²) in [5.41, 5.74) is 7.87. The zero-order valence-electron chi connectivity index (χ0n) is 11.7. The van der Waals surface area contributed by atoms with Crippen molar-refractivity contribution in [3.8, 4) is 0 Å². The van der Waals surface area contributed by atoms with Gasteiger partial charge in [-0.2, -0.15) is 0 Å². The van der Waals surface area contributed by atoms with Gasteiger partial charge < -0.3 is 15.4 Å². The zero-order valence-corrected chi connectivity index (χ0v) is 11.7. The molecule has 4 nitrogen and oxygen atoms in total. The topological polar surface area (TPSA) is 55.6 Å². The molecule has 1 unspecified atom stereocenters. The number of nitrogens with two attached hydrogens (primary N) is 1. The Morgan fingerprint density at radius 1 is 1.47 bits per heavy atom. The Bertz CT molecular complexity index is 459. The van der Waals surface area contributed by atoms with Crippen LogP contribution in [0.1, 0.15) is 37.0 Å². The van der Waals surface area contributed by atoms with E-state index < -0.39 is 0 Å². The summed E-state index contributed by atoms with van der Waals surface area (Å²) in [5.74, 6) is 0.414.